The van der Waals surface area contributed by atoms with Gasteiger partial charge in [0.15, 0.2) is 17.3 Å². The summed E-state index contributed by atoms with van der Waals surface area (Å²) in [6.07, 6.45) is 0. The first kappa shape index (κ1) is 21.8. The van der Waals surface area contributed by atoms with E-state index in [0.29, 0.717) is 40.9 Å². The first-order valence-corrected chi connectivity index (χ1v) is 11.2. The van der Waals surface area contributed by atoms with Gasteiger partial charge in [-0.15, -0.1) is 11.3 Å². The maximum atomic E-state index is 13.0. The first-order chi connectivity index (χ1) is 15.5. The molecule has 0 aliphatic carbocycles. The third kappa shape index (κ3) is 4.31. The molecule has 0 unspecified atom stereocenters. The zero-order valence-electron chi connectivity index (χ0n) is 18.3. The Hall–Kier alpha value is -3.39. The molecule has 8 heteroatoms. The van der Waals surface area contributed by atoms with E-state index in [0.717, 1.165) is 24.3 Å². The summed E-state index contributed by atoms with van der Waals surface area (Å²) in [6.45, 7) is 4.25. The van der Waals surface area contributed by atoms with E-state index in [4.69, 9.17) is 9.47 Å². The molecule has 0 spiro atoms. The second-order valence-electron chi connectivity index (χ2n) is 7.46. The fraction of sp³-hybridized carbons (Fsp3) is 0.292. The number of anilines is 1. The quantitative estimate of drug-likeness (QED) is 0.528. The molecule has 1 aliphatic heterocycles. The van der Waals surface area contributed by atoms with E-state index in [-0.39, 0.29) is 11.7 Å². The number of ether oxygens (including phenoxy) is 2. The van der Waals surface area contributed by atoms with Gasteiger partial charge in [-0.1, -0.05) is 6.07 Å². The number of hydrogen-bond acceptors (Lipinski definition) is 7. The van der Waals surface area contributed by atoms with E-state index in [1.807, 2.05) is 47.4 Å². The smallest absolute Gasteiger partial charge is 0.273 e. The van der Waals surface area contributed by atoms with E-state index in [9.17, 15) is 9.59 Å². The third-order valence-corrected chi connectivity index (χ3v) is 6.44. The van der Waals surface area contributed by atoms with Gasteiger partial charge in [-0.25, -0.2) is 4.98 Å². The lowest BCUT2D eigenvalue weighted by molar-refractivity contribution is 0.0741. The van der Waals surface area contributed by atoms with Gasteiger partial charge >= 0.3 is 0 Å². The summed E-state index contributed by atoms with van der Waals surface area (Å²) in [5.74, 6) is 1.22. The third-order valence-electron chi connectivity index (χ3n) is 5.56. The van der Waals surface area contributed by atoms with Crippen LogP contribution in [-0.2, 0) is 0 Å². The van der Waals surface area contributed by atoms with Crippen LogP contribution in [0.1, 0.15) is 27.8 Å². The van der Waals surface area contributed by atoms with Crippen molar-refractivity contribution in [2.24, 2.45) is 0 Å². The standard InChI is InChI=1S/C24H25N3O4S/c1-16(28)17-7-9-18(10-8-17)26-11-13-27(14-12-26)24(29)20-15-32-23(25-20)19-5-4-6-21(30-2)22(19)31-3/h4-10,15H,11-14H2,1-3H3. The maximum Gasteiger partial charge on any atom is 0.273 e. The molecule has 1 fully saturated rings. The average molecular weight is 452 g/mol. The molecule has 2 heterocycles. The number of rotatable bonds is 6. The lowest BCUT2D eigenvalue weighted by atomic mass is 10.1. The van der Waals surface area contributed by atoms with Crippen molar-refractivity contribution in [3.63, 3.8) is 0 Å². The number of thiazole rings is 1. The number of amides is 1. The molecule has 0 N–H and O–H groups in total. The van der Waals surface area contributed by atoms with Crippen LogP contribution in [0.4, 0.5) is 5.69 Å². The number of ketones is 1. The SMILES string of the molecule is COc1cccc(-c2nc(C(=O)N3CCN(c4ccc(C(C)=O)cc4)CC3)cs2)c1OC. The minimum Gasteiger partial charge on any atom is -0.493 e. The second-order valence-corrected chi connectivity index (χ2v) is 8.32. The Labute approximate surface area is 191 Å². The van der Waals surface area contributed by atoms with E-state index >= 15 is 0 Å². The Kier molecular flexibility index (Phi) is 6.41. The number of benzene rings is 2. The van der Waals surface area contributed by atoms with Crippen LogP contribution in [0.15, 0.2) is 47.8 Å². The van der Waals surface area contributed by atoms with Gasteiger partial charge in [0.1, 0.15) is 10.7 Å². The summed E-state index contributed by atoms with van der Waals surface area (Å²) in [5.41, 5.74) is 3.00. The Balaban J connectivity index is 1.43. The number of aromatic nitrogens is 1. The number of carbonyl (C=O) groups is 2. The minimum absolute atomic E-state index is 0.0566. The zero-order chi connectivity index (χ0) is 22.7. The van der Waals surface area contributed by atoms with Gasteiger partial charge in [0.25, 0.3) is 5.91 Å². The zero-order valence-corrected chi connectivity index (χ0v) is 19.1. The predicted molar refractivity (Wildman–Crippen MR) is 125 cm³/mol. The van der Waals surface area contributed by atoms with Crippen molar-refractivity contribution in [3.8, 4) is 22.1 Å². The van der Waals surface area contributed by atoms with Gasteiger partial charge in [-0.3, -0.25) is 9.59 Å². The van der Waals surface area contributed by atoms with Gasteiger partial charge in [-0.05, 0) is 43.3 Å². The average Bonchev–Trinajstić information content (AvgIpc) is 3.33. The van der Waals surface area contributed by atoms with Crippen molar-refractivity contribution in [2.45, 2.75) is 6.92 Å². The van der Waals surface area contributed by atoms with Gasteiger partial charge in [0.05, 0.1) is 19.8 Å². The van der Waals surface area contributed by atoms with Crippen molar-refractivity contribution in [2.75, 3.05) is 45.3 Å². The van der Waals surface area contributed by atoms with Crippen LogP contribution in [0.3, 0.4) is 0 Å². The molecular weight excluding hydrogens is 426 g/mol. The van der Waals surface area contributed by atoms with Crippen LogP contribution >= 0.6 is 11.3 Å². The molecule has 0 bridgehead atoms. The molecule has 1 saturated heterocycles. The Bertz CT molecular complexity index is 1120. The van der Waals surface area contributed by atoms with Crippen molar-refractivity contribution >= 4 is 28.7 Å². The molecule has 0 saturated carbocycles. The normalized spacial score (nSPS) is 13.7. The van der Waals surface area contributed by atoms with Gasteiger partial charge in [0.2, 0.25) is 0 Å². The van der Waals surface area contributed by atoms with Crippen molar-refractivity contribution in [1.29, 1.82) is 0 Å². The van der Waals surface area contributed by atoms with Crippen molar-refractivity contribution in [1.82, 2.24) is 9.88 Å². The Morgan fingerprint density at radius 2 is 1.69 bits per heavy atom. The number of para-hydroxylation sites is 1. The van der Waals surface area contributed by atoms with Crippen LogP contribution < -0.4 is 14.4 Å². The monoisotopic (exact) mass is 451 g/mol. The molecule has 3 aromatic rings. The van der Waals surface area contributed by atoms with Crippen molar-refractivity contribution < 1.29 is 19.1 Å². The summed E-state index contributed by atoms with van der Waals surface area (Å²) >= 11 is 1.41. The summed E-state index contributed by atoms with van der Waals surface area (Å²) < 4.78 is 10.9. The predicted octanol–water partition coefficient (Wildman–Crippen LogP) is 3.99. The molecule has 0 radical (unpaired) electrons. The van der Waals surface area contributed by atoms with E-state index in [1.54, 1.807) is 26.5 Å². The summed E-state index contributed by atoms with van der Waals surface area (Å²) in [6, 6.07) is 13.2. The number of hydrogen-bond donors (Lipinski definition) is 0. The summed E-state index contributed by atoms with van der Waals surface area (Å²) in [7, 11) is 3.18. The summed E-state index contributed by atoms with van der Waals surface area (Å²) in [5, 5.41) is 2.51. The molecule has 7 nitrogen and oxygen atoms in total. The Morgan fingerprint density at radius 1 is 0.969 bits per heavy atom. The van der Waals surface area contributed by atoms with E-state index < -0.39 is 0 Å². The second kappa shape index (κ2) is 9.40. The number of Topliss-reactive ketones (excluding diaryl/α,β-unsaturated/α-hetero) is 1. The van der Waals surface area contributed by atoms with Gasteiger partial charge in [-0.2, -0.15) is 0 Å². The topological polar surface area (TPSA) is 72.0 Å². The molecule has 166 valence electrons. The number of piperazine rings is 1. The van der Waals surface area contributed by atoms with Gasteiger partial charge < -0.3 is 19.3 Å². The first-order valence-electron chi connectivity index (χ1n) is 10.3. The highest BCUT2D eigenvalue weighted by Gasteiger charge is 2.25. The molecule has 1 aromatic heterocycles. The molecule has 32 heavy (non-hydrogen) atoms. The maximum absolute atomic E-state index is 13.0. The van der Waals surface area contributed by atoms with E-state index in [1.165, 1.54) is 11.3 Å². The highest BCUT2D eigenvalue weighted by Crippen LogP contribution is 2.39. The van der Waals surface area contributed by atoms with Crippen LogP contribution in [0.25, 0.3) is 10.6 Å². The molecule has 2 aromatic carbocycles. The van der Waals surface area contributed by atoms with Crippen LogP contribution in [0.2, 0.25) is 0 Å². The fourth-order valence-electron chi connectivity index (χ4n) is 3.79. The van der Waals surface area contributed by atoms with Crippen LogP contribution in [0, 0.1) is 0 Å². The molecule has 0 atom stereocenters. The van der Waals surface area contributed by atoms with Crippen LogP contribution in [0.5, 0.6) is 11.5 Å². The molecular formula is C24H25N3O4S. The lowest BCUT2D eigenvalue weighted by Crippen LogP contribution is -2.48. The Morgan fingerprint density at radius 3 is 2.31 bits per heavy atom. The minimum atomic E-state index is -0.0686. The van der Waals surface area contributed by atoms with Crippen LogP contribution in [-0.4, -0.2) is 62.0 Å². The molecule has 4 rings (SSSR count). The van der Waals surface area contributed by atoms with Crippen molar-refractivity contribution in [3.05, 3.63) is 59.1 Å². The highest BCUT2D eigenvalue weighted by molar-refractivity contribution is 7.13. The van der Waals surface area contributed by atoms with Gasteiger partial charge in [0, 0.05) is 42.8 Å². The highest BCUT2D eigenvalue weighted by atomic mass is 32.1. The summed E-state index contributed by atoms with van der Waals surface area (Å²) in [4.78, 5) is 33.2. The fourth-order valence-corrected chi connectivity index (χ4v) is 4.60. The molecule has 1 amide bonds. The number of nitrogens with zero attached hydrogens (tertiary/aromatic N) is 3. The largest absolute Gasteiger partial charge is 0.493 e. The lowest BCUT2D eigenvalue weighted by Gasteiger charge is -2.35. The number of methoxy groups -OCH3 is 2. The molecule has 1 aliphatic rings. The van der Waals surface area contributed by atoms with E-state index in [2.05, 4.69) is 9.88 Å². The number of carbonyl (C=O) groups excluding carboxylic acids is 2.